The molecular formula is C20H23N2O4P. The van der Waals surface area contributed by atoms with Crippen molar-refractivity contribution in [2.24, 2.45) is 0 Å². The van der Waals surface area contributed by atoms with Gasteiger partial charge in [-0.15, -0.1) is 0 Å². The van der Waals surface area contributed by atoms with Crippen LogP contribution in [0.2, 0.25) is 0 Å². The number of hydrogen-bond donors (Lipinski definition) is 1. The average Bonchev–Trinajstić information content (AvgIpc) is 2.90. The second-order valence-electron chi connectivity index (χ2n) is 7.17. The molecule has 2 saturated heterocycles. The number of hydrogen-bond acceptors (Lipinski definition) is 5. The van der Waals surface area contributed by atoms with Crippen molar-refractivity contribution in [1.82, 2.24) is 0 Å². The van der Waals surface area contributed by atoms with Crippen molar-refractivity contribution in [3.8, 4) is 6.07 Å². The van der Waals surface area contributed by atoms with Gasteiger partial charge in [-0.3, -0.25) is 9.05 Å². The van der Waals surface area contributed by atoms with Gasteiger partial charge in [0, 0.05) is 28.5 Å². The average molecular weight is 386 g/mol. The van der Waals surface area contributed by atoms with E-state index < -0.39 is 7.82 Å². The Labute approximate surface area is 158 Å². The smallest absolute Gasteiger partial charge is 0.365 e. The molecule has 0 aliphatic carbocycles. The SMILES string of the molecule is CCOP(=O)(O)OC1CC2CCC(C1)N2c1ccc(C#N)c2ccccc12. The third-order valence-electron chi connectivity index (χ3n) is 5.56. The van der Waals surface area contributed by atoms with E-state index in [1.165, 1.54) is 0 Å². The molecule has 0 radical (unpaired) electrons. The van der Waals surface area contributed by atoms with Gasteiger partial charge in [0.1, 0.15) is 0 Å². The molecule has 1 N–H and O–H groups in total. The first-order chi connectivity index (χ1) is 13.0. The highest BCUT2D eigenvalue weighted by molar-refractivity contribution is 7.47. The second-order valence-corrected chi connectivity index (χ2v) is 8.57. The van der Waals surface area contributed by atoms with Gasteiger partial charge in [-0.1, -0.05) is 24.3 Å². The lowest BCUT2D eigenvalue weighted by Gasteiger charge is -2.41. The fourth-order valence-electron chi connectivity index (χ4n) is 4.59. The Morgan fingerprint density at radius 1 is 1.19 bits per heavy atom. The van der Waals surface area contributed by atoms with Crippen molar-refractivity contribution in [3.63, 3.8) is 0 Å². The Kier molecular flexibility index (Phi) is 4.96. The van der Waals surface area contributed by atoms with Crippen LogP contribution in [0.4, 0.5) is 5.69 Å². The van der Waals surface area contributed by atoms with Crippen LogP contribution in [0.1, 0.15) is 38.2 Å². The van der Waals surface area contributed by atoms with Crippen LogP contribution in [0.5, 0.6) is 0 Å². The van der Waals surface area contributed by atoms with Crippen molar-refractivity contribution >= 4 is 24.3 Å². The van der Waals surface area contributed by atoms with Crippen LogP contribution in [0.25, 0.3) is 10.8 Å². The maximum Gasteiger partial charge on any atom is 0.472 e. The van der Waals surface area contributed by atoms with Gasteiger partial charge in [-0.25, -0.2) is 4.57 Å². The predicted octanol–water partition coefficient (Wildman–Crippen LogP) is 4.36. The number of anilines is 1. The Morgan fingerprint density at radius 2 is 1.85 bits per heavy atom. The molecule has 0 spiro atoms. The van der Waals surface area contributed by atoms with E-state index in [4.69, 9.17) is 9.05 Å². The lowest BCUT2D eigenvalue weighted by atomic mass is 9.96. The lowest BCUT2D eigenvalue weighted by molar-refractivity contribution is 0.0833. The first-order valence-electron chi connectivity index (χ1n) is 9.38. The minimum Gasteiger partial charge on any atom is -0.365 e. The molecule has 2 aliphatic heterocycles. The maximum atomic E-state index is 12.0. The van der Waals surface area contributed by atoms with Crippen LogP contribution >= 0.6 is 7.82 Å². The number of nitrogens with zero attached hydrogens (tertiary/aromatic N) is 2. The highest BCUT2D eigenvalue weighted by Gasteiger charge is 2.43. The van der Waals surface area contributed by atoms with E-state index in [9.17, 15) is 14.7 Å². The molecule has 0 amide bonds. The van der Waals surface area contributed by atoms with E-state index in [0.717, 1.165) is 29.3 Å². The summed E-state index contributed by atoms with van der Waals surface area (Å²) < 4.78 is 22.3. The highest BCUT2D eigenvalue weighted by atomic mass is 31.2. The van der Waals surface area contributed by atoms with E-state index in [2.05, 4.69) is 17.0 Å². The molecule has 2 aromatic rings. The van der Waals surface area contributed by atoms with Gasteiger partial charge in [-0.2, -0.15) is 5.26 Å². The molecule has 142 valence electrons. The van der Waals surface area contributed by atoms with Gasteiger partial charge in [0.05, 0.1) is 24.3 Å². The molecule has 27 heavy (non-hydrogen) atoms. The summed E-state index contributed by atoms with van der Waals surface area (Å²) in [5.41, 5.74) is 1.81. The van der Waals surface area contributed by atoms with Gasteiger partial charge >= 0.3 is 7.82 Å². The molecule has 0 saturated carbocycles. The number of phosphoric acid groups is 1. The van der Waals surface area contributed by atoms with E-state index in [1.54, 1.807) is 6.92 Å². The molecule has 2 bridgehead atoms. The number of fused-ring (bicyclic) bond motifs is 3. The van der Waals surface area contributed by atoms with E-state index in [0.29, 0.717) is 18.4 Å². The third kappa shape index (κ3) is 3.49. The van der Waals surface area contributed by atoms with Crippen LogP contribution in [-0.4, -0.2) is 29.7 Å². The second kappa shape index (κ2) is 7.26. The summed E-state index contributed by atoms with van der Waals surface area (Å²) in [6.07, 6.45) is 3.18. The van der Waals surface area contributed by atoms with Crippen molar-refractivity contribution < 1.29 is 18.5 Å². The minimum absolute atomic E-state index is 0.150. The number of benzene rings is 2. The monoisotopic (exact) mass is 386 g/mol. The lowest BCUT2D eigenvalue weighted by Crippen LogP contribution is -2.45. The largest absolute Gasteiger partial charge is 0.472 e. The van der Waals surface area contributed by atoms with Crippen LogP contribution in [0, 0.1) is 11.3 Å². The zero-order chi connectivity index (χ0) is 19.0. The topological polar surface area (TPSA) is 82.8 Å². The number of rotatable bonds is 5. The minimum atomic E-state index is -3.98. The van der Waals surface area contributed by atoms with Gasteiger partial charge in [0.25, 0.3) is 0 Å². The summed E-state index contributed by atoms with van der Waals surface area (Å²) in [7, 11) is -3.98. The molecule has 2 heterocycles. The molecule has 7 heteroatoms. The fraction of sp³-hybridized carbons (Fsp3) is 0.450. The molecule has 2 aromatic carbocycles. The summed E-state index contributed by atoms with van der Waals surface area (Å²) in [4.78, 5) is 12.2. The van der Waals surface area contributed by atoms with Crippen molar-refractivity contribution in [3.05, 3.63) is 42.0 Å². The zero-order valence-corrected chi connectivity index (χ0v) is 16.1. The van der Waals surface area contributed by atoms with Crippen molar-refractivity contribution in [2.45, 2.75) is 50.8 Å². The van der Waals surface area contributed by atoms with E-state index in [1.807, 2.05) is 30.3 Å². The summed E-state index contributed by atoms with van der Waals surface area (Å²) in [5, 5.41) is 11.4. The van der Waals surface area contributed by atoms with Crippen LogP contribution in [-0.2, 0) is 13.6 Å². The van der Waals surface area contributed by atoms with Crippen LogP contribution in [0.3, 0.4) is 0 Å². The molecule has 3 atom stereocenters. The fourth-order valence-corrected chi connectivity index (χ4v) is 5.53. The molecule has 4 rings (SSSR count). The third-order valence-corrected chi connectivity index (χ3v) is 6.71. The summed E-state index contributed by atoms with van der Waals surface area (Å²) >= 11 is 0. The quantitative estimate of drug-likeness (QED) is 0.769. The van der Waals surface area contributed by atoms with E-state index >= 15 is 0 Å². The number of phosphoric ester groups is 1. The number of nitriles is 1. The molecule has 2 aliphatic rings. The molecule has 3 unspecified atom stereocenters. The van der Waals surface area contributed by atoms with Gasteiger partial charge in [-0.05, 0) is 44.7 Å². The standard InChI is InChI=1S/C20H23N2O4P/c1-2-25-27(23,24)26-17-11-15-8-9-16(12-17)22(15)20-10-7-14(13-21)18-5-3-4-6-19(18)20/h3-7,10,15-17H,2,8-9,11-12H2,1H3,(H,23,24). The Morgan fingerprint density at radius 3 is 2.48 bits per heavy atom. The van der Waals surface area contributed by atoms with Crippen LogP contribution < -0.4 is 4.90 Å². The Bertz CT molecular complexity index is 927. The first kappa shape index (κ1) is 18.5. The normalized spacial score (nSPS) is 26.7. The highest BCUT2D eigenvalue weighted by Crippen LogP contribution is 2.50. The maximum absolute atomic E-state index is 12.0. The number of piperidine rings is 1. The zero-order valence-electron chi connectivity index (χ0n) is 15.2. The Hall–Kier alpha value is -1.90. The first-order valence-corrected chi connectivity index (χ1v) is 10.9. The molecule has 0 aromatic heterocycles. The van der Waals surface area contributed by atoms with E-state index in [-0.39, 0.29) is 24.8 Å². The molecule has 2 fully saturated rings. The summed E-state index contributed by atoms with van der Waals surface area (Å²) in [5.74, 6) is 0. The Balaban J connectivity index is 1.62. The van der Waals surface area contributed by atoms with Gasteiger partial charge in [0.2, 0.25) is 0 Å². The van der Waals surface area contributed by atoms with Crippen LogP contribution in [0.15, 0.2) is 36.4 Å². The summed E-state index contributed by atoms with van der Waals surface area (Å²) in [6.45, 7) is 1.82. The predicted molar refractivity (Wildman–Crippen MR) is 104 cm³/mol. The van der Waals surface area contributed by atoms with Gasteiger partial charge < -0.3 is 9.79 Å². The summed E-state index contributed by atoms with van der Waals surface area (Å²) in [6, 6.07) is 14.7. The molecular weight excluding hydrogens is 363 g/mol. The van der Waals surface area contributed by atoms with Crippen molar-refractivity contribution in [1.29, 1.82) is 5.26 Å². The molecule has 6 nitrogen and oxygen atoms in total. The van der Waals surface area contributed by atoms with Crippen molar-refractivity contribution in [2.75, 3.05) is 11.5 Å². The van der Waals surface area contributed by atoms with Gasteiger partial charge in [0.15, 0.2) is 0 Å².